The van der Waals surface area contributed by atoms with Crippen molar-refractivity contribution in [3.63, 3.8) is 0 Å². The van der Waals surface area contributed by atoms with Crippen molar-refractivity contribution < 1.29 is 19.4 Å². The summed E-state index contributed by atoms with van der Waals surface area (Å²) >= 11 is 0. The van der Waals surface area contributed by atoms with Gasteiger partial charge < -0.3 is 9.84 Å². The summed E-state index contributed by atoms with van der Waals surface area (Å²) < 4.78 is 5.02. The fraction of sp³-hybridized carbons (Fsp3) is 0.826. The van der Waals surface area contributed by atoms with Crippen LogP contribution in [-0.2, 0) is 14.3 Å². The highest BCUT2D eigenvalue weighted by Crippen LogP contribution is 2.66. The molecule has 0 aliphatic heterocycles. The number of hydrogen-bond donors (Lipinski definition) is 1. The van der Waals surface area contributed by atoms with E-state index in [1.54, 1.807) is 0 Å². The van der Waals surface area contributed by atoms with Gasteiger partial charge in [0, 0.05) is 12.8 Å². The van der Waals surface area contributed by atoms with Gasteiger partial charge in [-0.3, -0.25) is 9.59 Å². The fourth-order valence-corrected chi connectivity index (χ4v) is 7.51. The standard InChI is InChI=1S/C23H34O4/c1-14(24)27-13-21(26)20-7-6-18-17-5-4-15-12-16(25)8-10-22(15,2)19(17)9-11-23(18,20)3/h12,16-20,25H,4-11,13H2,1-3H3/t16-,17-,18-,19-,20+,22-,23-/m0/s1. The van der Waals surface area contributed by atoms with Crippen LogP contribution in [0.5, 0.6) is 0 Å². The highest BCUT2D eigenvalue weighted by Gasteiger charge is 2.60. The second-order valence-electron chi connectivity index (χ2n) is 10.1. The van der Waals surface area contributed by atoms with E-state index < -0.39 is 0 Å². The molecular weight excluding hydrogens is 340 g/mol. The van der Waals surface area contributed by atoms with E-state index in [9.17, 15) is 14.7 Å². The molecule has 7 atom stereocenters. The van der Waals surface area contributed by atoms with E-state index in [0.717, 1.165) is 38.5 Å². The van der Waals surface area contributed by atoms with Gasteiger partial charge in [0.05, 0.1) is 6.10 Å². The van der Waals surface area contributed by atoms with E-state index in [-0.39, 0.29) is 41.2 Å². The molecule has 150 valence electrons. The van der Waals surface area contributed by atoms with E-state index >= 15 is 0 Å². The number of Topliss-reactive ketones (excluding diaryl/α,β-unsaturated/α-hetero) is 1. The van der Waals surface area contributed by atoms with Crippen molar-refractivity contribution >= 4 is 11.8 Å². The minimum absolute atomic E-state index is 0.0423. The molecule has 1 N–H and O–H groups in total. The molecule has 3 saturated carbocycles. The third-order valence-electron chi connectivity index (χ3n) is 8.90. The van der Waals surface area contributed by atoms with E-state index in [4.69, 9.17) is 4.74 Å². The molecule has 0 amide bonds. The molecule has 4 rings (SSSR count). The number of ether oxygens (including phenoxy) is 1. The predicted molar refractivity (Wildman–Crippen MR) is 103 cm³/mol. The van der Waals surface area contributed by atoms with Crippen LogP contribution < -0.4 is 0 Å². The zero-order valence-electron chi connectivity index (χ0n) is 17.0. The third kappa shape index (κ3) is 2.99. The lowest BCUT2D eigenvalue weighted by molar-refractivity contribution is -0.149. The van der Waals surface area contributed by atoms with Gasteiger partial charge in [-0.15, -0.1) is 0 Å². The summed E-state index contributed by atoms with van der Waals surface area (Å²) in [6, 6.07) is 0. The van der Waals surface area contributed by atoms with Crippen molar-refractivity contribution in [2.45, 2.75) is 78.2 Å². The largest absolute Gasteiger partial charge is 0.458 e. The van der Waals surface area contributed by atoms with Gasteiger partial charge in [-0.2, -0.15) is 0 Å². The lowest BCUT2D eigenvalue weighted by Crippen LogP contribution is -2.51. The zero-order valence-corrected chi connectivity index (χ0v) is 17.0. The Bertz CT molecular complexity index is 667. The maximum Gasteiger partial charge on any atom is 0.303 e. The summed E-state index contributed by atoms with van der Waals surface area (Å²) in [6.07, 6.45) is 10.5. The van der Waals surface area contributed by atoms with Gasteiger partial charge in [0.25, 0.3) is 0 Å². The van der Waals surface area contributed by atoms with Crippen molar-refractivity contribution in [3.8, 4) is 0 Å². The molecule has 0 spiro atoms. The number of fused-ring (bicyclic) bond motifs is 5. The molecular formula is C23H34O4. The topological polar surface area (TPSA) is 63.6 Å². The summed E-state index contributed by atoms with van der Waals surface area (Å²) in [5.41, 5.74) is 1.79. The maximum absolute atomic E-state index is 12.8. The second-order valence-corrected chi connectivity index (χ2v) is 10.1. The monoisotopic (exact) mass is 374 g/mol. The number of aliphatic hydroxyl groups excluding tert-OH is 1. The van der Waals surface area contributed by atoms with Crippen LogP contribution in [-0.4, -0.2) is 29.6 Å². The molecule has 4 aliphatic rings. The van der Waals surface area contributed by atoms with Crippen molar-refractivity contribution in [2.75, 3.05) is 6.61 Å². The Morgan fingerprint density at radius 3 is 2.63 bits per heavy atom. The molecule has 0 radical (unpaired) electrons. The lowest BCUT2D eigenvalue weighted by Gasteiger charge is -2.58. The first-order valence-electron chi connectivity index (χ1n) is 10.8. The number of aliphatic hydroxyl groups is 1. The molecule has 4 aliphatic carbocycles. The van der Waals surface area contributed by atoms with Gasteiger partial charge in [-0.1, -0.05) is 25.5 Å². The van der Waals surface area contributed by atoms with Gasteiger partial charge in [0.1, 0.15) is 6.61 Å². The Kier molecular flexibility index (Phi) is 4.77. The Balaban J connectivity index is 1.55. The summed E-state index contributed by atoms with van der Waals surface area (Å²) in [5.74, 6) is 1.77. The minimum Gasteiger partial charge on any atom is -0.458 e. The second kappa shape index (κ2) is 6.72. The Morgan fingerprint density at radius 1 is 1.11 bits per heavy atom. The number of allylic oxidation sites excluding steroid dienone is 1. The molecule has 0 aromatic heterocycles. The summed E-state index contributed by atoms with van der Waals surface area (Å²) in [5, 5.41) is 10.1. The normalized spacial score (nSPS) is 45.9. The van der Waals surface area contributed by atoms with Gasteiger partial charge in [-0.05, 0) is 80.0 Å². The van der Waals surface area contributed by atoms with Crippen LogP contribution in [0.2, 0.25) is 0 Å². The zero-order chi connectivity index (χ0) is 19.4. The number of carbonyl (C=O) groups excluding carboxylic acids is 2. The Labute approximate surface area is 162 Å². The highest BCUT2D eigenvalue weighted by atomic mass is 16.5. The lowest BCUT2D eigenvalue weighted by atomic mass is 9.46. The van der Waals surface area contributed by atoms with Crippen LogP contribution in [0.25, 0.3) is 0 Å². The summed E-state index contributed by atoms with van der Waals surface area (Å²) in [4.78, 5) is 23.9. The fourth-order valence-electron chi connectivity index (χ4n) is 7.51. The van der Waals surface area contributed by atoms with E-state index in [0.29, 0.717) is 17.8 Å². The van der Waals surface area contributed by atoms with Crippen LogP contribution in [0.15, 0.2) is 11.6 Å². The van der Waals surface area contributed by atoms with Crippen molar-refractivity contribution in [3.05, 3.63) is 11.6 Å². The number of ketones is 1. The molecule has 3 fully saturated rings. The Morgan fingerprint density at radius 2 is 1.89 bits per heavy atom. The van der Waals surface area contributed by atoms with Gasteiger partial charge >= 0.3 is 5.97 Å². The number of esters is 1. The molecule has 0 aromatic carbocycles. The van der Waals surface area contributed by atoms with Crippen molar-refractivity contribution in [1.82, 2.24) is 0 Å². The van der Waals surface area contributed by atoms with Crippen LogP contribution in [0, 0.1) is 34.5 Å². The average Bonchev–Trinajstić information content (AvgIpc) is 2.97. The molecule has 0 aromatic rings. The first kappa shape index (κ1) is 19.2. The average molecular weight is 375 g/mol. The highest BCUT2D eigenvalue weighted by molar-refractivity contribution is 5.85. The first-order chi connectivity index (χ1) is 12.8. The molecule has 0 bridgehead atoms. The van der Waals surface area contributed by atoms with Crippen LogP contribution in [0.4, 0.5) is 0 Å². The van der Waals surface area contributed by atoms with Crippen LogP contribution >= 0.6 is 0 Å². The molecule has 4 nitrogen and oxygen atoms in total. The first-order valence-corrected chi connectivity index (χ1v) is 10.8. The smallest absolute Gasteiger partial charge is 0.303 e. The van der Waals surface area contributed by atoms with Crippen molar-refractivity contribution in [1.29, 1.82) is 0 Å². The molecule has 0 unspecified atom stereocenters. The minimum atomic E-state index is -0.370. The SMILES string of the molecule is CC(=O)OCC(=O)[C@H]1CC[C@H]2[C@@H]3CCC4=C[C@@H](O)CC[C@]4(C)[C@H]3CC[C@]12C. The molecule has 4 heteroatoms. The molecule has 0 heterocycles. The third-order valence-corrected chi connectivity index (χ3v) is 8.90. The molecule has 27 heavy (non-hydrogen) atoms. The Hall–Kier alpha value is -1.16. The molecule has 0 saturated heterocycles. The van der Waals surface area contributed by atoms with E-state index in [1.165, 1.54) is 25.3 Å². The van der Waals surface area contributed by atoms with Crippen LogP contribution in [0.1, 0.15) is 72.1 Å². The number of hydrogen-bond acceptors (Lipinski definition) is 4. The van der Waals surface area contributed by atoms with E-state index in [1.807, 2.05) is 0 Å². The van der Waals surface area contributed by atoms with Gasteiger partial charge in [-0.25, -0.2) is 0 Å². The van der Waals surface area contributed by atoms with Crippen molar-refractivity contribution in [2.24, 2.45) is 34.5 Å². The van der Waals surface area contributed by atoms with E-state index in [2.05, 4.69) is 19.9 Å². The van der Waals surface area contributed by atoms with Crippen LogP contribution in [0.3, 0.4) is 0 Å². The summed E-state index contributed by atoms with van der Waals surface area (Å²) in [7, 11) is 0. The van der Waals surface area contributed by atoms with Gasteiger partial charge in [0.2, 0.25) is 0 Å². The quantitative estimate of drug-likeness (QED) is 0.598. The summed E-state index contributed by atoms with van der Waals surface area (Å²) in [6.45, 7) is 6.07. The number of rotatable bonds is 3. The maximum atomic E-state index is 12.8. The van der Waals surface area contributed by atoms with Gasteiger partial charge in [0.15, 0.2) is 5.78 Å². The number of carbonyl (C=O) groups is 2. The predicted octanol–water partition coefficient (Wildman–Crippen LogP) is 4.06.